The molecule has 0 heterocycles. The third-order valence-electron chi connectivity index (χ3n) is 4.92. The summed E-state index contributed by atoms with van der Waals surface area (Å²) in [5, 5.41) is 0. The predicted molar refractivity (Wildman–Crippen MR) is 122 cm³/mol. The Balaban J connectivity index is 0. The van der Waals surface area contributed by atoms with Crippen LogP contribution < -0.4 is 5.73 Å². The molecular formula is C24H53N2O+. The third-order valence-corrected chi connectivity index (χ3v) is 4.92. The summed E-state index contributed by atoms with van der Waals surface area (Å²) < 4.78 is 1.09. The number of unbranched alkanes of at least 4 members (excludes halogenated alkanes) is 14. The first-order valence-electron chi connectivity index (χ1n) is 11.9. The largest absolute Gasteiger partial charge is 0.370 e. The van der Waals surface area contributed by atoms with Crippen molar-refractivity contribution in [1.29, 1.82) is 0 Å². The normalized spacial score (nSPS) is 11.1. The van der Waals surface area contributed by atoms with Crippen LogP contribution in [0.4, 0.5) is 0 Å². The molecule has 0 aromatic heterocycles. The third kappa shape index (κ3) is 33.4. The lowest BCUT2D eigenvalue weighted by molar-refractivity contribution is -0.870. The number of quaternary nitrogens is 1. The van der Waals surface area contributed by atoms with Crippen molar-refractivity contribution in [3.8, 4) is 0 Å². The Hall–Kier alpha value is -0.570. The molecule has 0 unspecified atom stereocenters. The van der Waals surface area contributed by atoms with E-state index in [9.17, 15) is 4.79 Å². The van der Waals surface area contributed by atoms with E-state index in [1.165, 1.54) is 103 Å². The Morgan fingerprint density at radius 1 is 0.593 bits per heavy atom. The summed E-state index contributed by atoms with van der Waals surface area (Å²) >= 11 is 0. The first kappa shape index (κ1) is 28.6. The molecule has 0 aromatic rings. The number of hydrogen-bond donors (Lipinski definition) is 1. The summed E-state index contributed by atoms with van der Waals surface area (Å²) in [6, 6.07) is 0. The number of carbonyl (C=O) groups excluding carboxylic acids is 1. The molecule has 0 saturated carbocycles. The van der Waals surface area contributed by atoms with E-state index in [0.29, 0.717) is 6.42 Å². The van der Waals surface area contributed by atoms with Crippen molar-refractivity contribution >= 4 is 5.91 Å². The molecule has 1 amide bonds. The average molecular weight is 386 g/mol. The van der Waals surface area contributed by atoms with Gasteiger partial charge in [0.05, 0.1) is 27.7 Å². The van der Waals surface area contributed by atoms with Gasteiger partial charge >= 0.3 is 0 Å². The highest BCUT2D eigenvalue weighted by atomic mass is 16.1. The van der Waals surface area contributed by atoms with Gasteiger partial charge in [-0.3, -0.25) is 4.79 Å². The monoisotopic (exact) mass is 385 g/mol. The van der Waals surface area contributed by atoms with E-state index in [1.807, 2.05) is 0 Å². The first-order chi connectivity index (χ1) is 12.8. The lowest BCUT2D eigenvalue weighted by Gasteiger charge is -2.22. The molecule has 0 radical (unpaired) electrons. The second-order valence-electron chi connectivity index (χ2n) is 9.18. The van der Waals surface area contributed by atoms with Gasteiger partial charge in [0.25, 0.3) is 0 Å². The van der Waals surface area contributed by atoms with Crippen LogP contribution in [0.25, 0.3) is 0 Å². The molecular weight excluding hydrogens is 332 g/mol. The fraction of sp³-hybridized carbons (Fsp3) is 0.958. The highest BCUT2D eigenvalue weighted by Gasteiger charge is 2.01. The quantitative estimate of drug-likeness (QED) is 0.204. The molecule has 0 spiro atoms. The minimum Gasteiger partial charge on any atom is -0.370 e. The number of rotatable bonds is 18. The van der Waals surface area contributed by atoms with Crippen LogP contribution in [-0.2, 0) is 4.79 Å². The van der Waals surface area contributed by atoms with Crippen LogP contribution in [0.15, 0.2) is 0 Å². The molecule has 0 aromatic carbocycles. The number of nitrogens with zero attached hydrogens (tertiary/aromatic N) is 1. The number of nitrogens with two attached hydrogens (primary N) is 1. The molecule has 0 rings (SSSR count). The summed E-state index contributed by atoms with van der Waals surface area (Å²) in [6.07, 6.45) is 22.2. The molecule has 0 atom stereocenters. The maximum atomic E-state index is 10.6. The molecule has 0 aliphatic rings. The lowest BCUT2D eigenvalue weighted by Crippen LogP contribution is -2.34. The van der Waals surface area contributed by atoms with Gasteiger partial charge in [0.15, 0.2) is 0 Å². The number of hydrogen-bond acceptors (Lipinski definition) is 1. The van der Waals surface area contributed by atoms with Gasteiger partial charge in [0.2, 0.25) is 5.91 Å². The summed E-state index contributed by atoms with van der Waals surface area (Å²) in [4.78, 5) is 10.6. The first-order valence-corrected chi connectivity index (χ1v) is 11.9. The zero-order valence-electron chi connectivity index (χ0n) is 19.7. The molecule has 0 bridgehead atoms. The maximum Gasteiger partial charge on any atom is 0.217 e. The molecule has 0 saturated heterocycles. The zero-order chi connectivity index (χ0) is 20.8. The van der Waals surface area contributed by atoms with Crippen LogP contribution in [0.5, 0.6) is 0 Å². The molecule has 27 heavy (non-hydrogen) atoms. The smallest absolute Gasteiger partial charge is 0.217 e. The van der Waals surface area contributed by atoms with Crippen molar-refractivity contribution in [2.75, 3.05) is 27.7 Å². The van der Waals surface area contributed by atoms with Gasteiger partial charge in [0, 0.05) is 6.42 Å². The molecule has 3 nitrogen and oxygen atoms in total. The van der Waals surface area contributed by atoms with Crippen molar-refractivity contribution in [3.63, 3.8) is 0 Å². The van der Waals surface area contributed by atoms with E-state index in [4.69, 9.17) is 5.73 Å². The second kappa shape index (κ2) is 21.7. The molecule has 3 heteroatoms. The zero-order valence-corrected chi connectivity index (χ0v) is 19.7. The minimum atomic E-state index is -0.153. The van der Waals surface area contributed by atoms with Crippen molar-refractivity contribution < 1.29 is 9.28 Å². The van der Waals surface area contributed by atoms with Crippen molar-refractivity contribution in [2.24, 2.45) is 5.73 Å². The van der Waals surface area contributed by atoms with Crippen molar-refractivity contribution in [2.45, 2.75) is 123 Å². The van der Waals surface area contributed by atoms with E-state index < -0.39 is 0 Å². The van der Waals surface area contributed by atoms with Gasteiger partial charge in [-0.2, -0.15) is 0 Å². The lowest BCUT2D eigenvalue weighted by atomic mass is 10.0. The Bertz CT molecular complexity index is 297. The molecule has 164 valence electrons. The van der Waals surface area contributed by atoms with E-state index in [2.05, 4.69) is 35.0 Å². The fourth-order valence-corrected chi connectivity index (χ4v) is 3.34. The van der Waals surface area contributed by atoms with Crippen molar-refractivity contribution in [3.05, 3.63) is 0 Å². The number of carbonyl (C=O) groups is 1. The van der Waals surface area contributed by atoms with Crippen LogP contribution in [0, 0.1) is 0 Å². The Labute approximate surface area is 172 Å². The SMILES string of the molecule is CCCCCCCCCCCCCCCCCC(N)=O.CCC[N+](C)(C)C. The Morgan fingerprint density at radius 3 is 1.15 bits per heavy atom. The van der Waals surface area contributed by atoms with Crippen molar-refractivity contribution in [1.82, 2.24) is 0 Å². The predicted octanol–water partition coefficient (Wildman–Crippen LogP) is 6.84. The highest BCUT2D eigenvalue weighted by molar-refractivity contribution is 5.73. The van der Waals surface area contributed by atoms with E-state index in [0.717, 1.165) is 10.9 Å². The standard InChI is InChI=1S/C18H37NO.C6H16N/c1-2-3-4-5-6-7-8-9-10-11-12-13-14-15-16-17-18(19)20;1-5-6-7(2,3)4/h2-17H2,1H3,(H2,19,20);5-6H2,1-4H3/q;+1. The topological polar surface area (TPSA) is 43.1 Å². The van der Waals surface area contributed by atoms with Gasteiger partial charge in [-0.15, -0.1) is 0 Å². The van der Waals surface area contributed by atoms with Crippen LogP contribution in [0.1, 0.15) is 123 Å². The number of amides is 1. The van der Waals surface area contributed by atoms with E-state index >= 15 is 0 Å². The summed E-state index contributed by atoms with van der Waals surface area (Å²) in [7, 11) is 6.64. The summed E-state index contributed by atoms with van der Waals surface area (Å²) in [6.45, 7) is 5.77. The summed E-state index contributed by atoms with van der Waals surface area (Å²) in [5.74, 6) is -0.153. The van der Waals surface area contributed by atoms with Gasteiger partial charge < -0.3 is 10.2 Å². The fourth-order valence-electron chi connectivity index (χ4n) is 3.34. The molecule has 0 aliphatic carbocycles. The minimum absolute atomic E-state index is 0.153. The van der Waals surface area contributed by atoms with Crippen LogP contribution >= 0.6 is 0 Å². The molecule has 0 fully saturated rings. The van der Waals surface area contributed by atoms with Crippen LogP contribution in [0.2, 0.25) is 0 Å². The van der Waals surface area contributed by atoms with E-state index in [1.54, 1.807) is 0 Å². The molecule has 2 N–H and O–H groups in total. The van der Waals surface area contributed by atoms with Gasteiger partial charge in [0.1, 0.15) is 0 Å². The van der Waals surface area contributed by atoms with Crippen LogP contribution in [-0.4, -0.2) is 38.1 Å². The van der Waals surface area contributed by atoms with Gasteiger partial charge in [-0.25, -0.2) is 0 Å². The van der Waals surface area contributed by atoms with E-state index in [-0.39, 0.29) is 5.91 Å². The average Bonchev–Trinajstić information content (AvgIpc) is 2.57. The Kier molecular flexibility index (Phi) is 23.0. The highest BCUT2D eigenvalue weighted by Crippen LogP contribution is 2.13. The summed E-state index contributed by atoms with van der Waals surface area (Å²) in [5.41, 5.74) is 5.11. The number of primary amides is 1. The molecule has 0 aliphatic heterocycles. The van der Waals surface area contributed by atoms with Gasteiger partial charge in [-0.05, 0) is 12.8 Å². The second-order valence-corrected chi connectivity index (χ2v) is 9.18. The van der Waals surface area contributed by atoms with Gasteiger partial charge in [-0.1, -0.05) is 104 Å². The maximum absolute atomic E-state index is 10.6. The van der Waals surface area contributed by atoms with Crippen LogP contribution in [0.3, 0.4) is 0 Å². The Morgan fingerprint density at radius 2 is 0.926 bits per heavy atom.